The monoisotopic (exact) mass is 499 g/mol. The number of thiazole rings is 1. The maximum absolute atomic E-state index is 12.9. The van der Waals surface area contributed by atoms with Crippen molar-refractivity contribution in [1.82, 2.24) is 4.98 Å². The van der Waals surface area contributed by atoms with Gasteiger partial charge >= 0.3 is 0 Å². The van der Waals surface area contributed by atoms with Crippen LogP contribution in [-0.4, -0.2) is 28.5 Å². The van der Waals surface area contributed by atoms with Crippen LogP contribution in [0.3, 0.4) is 0 Å². The van der Waals surface area contributed by atoms with Gasteiger partial charge in [-0.2, -0.15) is 0 Å². The van der Waals surface area contributed by atoms with Crippen LogP contribution in [0.4, 0.5) is 11.4 Å². The molecule has 9 heteroatoms. The topological polar surface area (TPSA) is 79.4 Å². The molecule has 0 bridgehead atoms. The second-order valence-electron chi connectivity index (χ2n) is 8.39. The van der Waals surface area contributed by atoms with Crippen molar-refractivity contribution in [2.24, 2.45) is 11.8 Å². The van der Waals surface area contributed by atoms with Crippen LogP contribution in [0.1, 0.15) is 31.2 Å². The van der Waals surface area contributed by atoms with E-state index in [1.165, 1.54) is 28.0 Å². The van der Waals surface area contributed by atoms with Gasteiger partial charge in [-0.05, 0) is 55.7 Å². The second-order valence-corrected chi connectivity index (χ2v) is 11.1. The van der Waals surface area contributed by atoms with Crippen LogP contribution in [0.5, 0.6) is 0 Å². The third-order valence-corrected chi connectivity index (χ3v) is 8.89. The fraction of sp³-hybridized carbons (Fsp3) is 0.333. The summed E-state index contributed by atoms with van der Waals surface area (Å²) in [5, 5.41) is 3.49. The average molecular weight is 500 g/mol. The number of carbonyl (C=O) groups excluding carboxylic acids is 3. The molecule has 0 spiro atoms. The number of fused-ring (bicyclic) bond motifs is 2. The lowest BCUT2D eigenvalue weighted by atomic mass is 9.81. The van der Waals surface area contributed by atoms with Crippen LogP contribution in [0.15, 0.2) is 40.7 Å². The van der Waals surface area contributed by atoms with Gasteiger partial charge in [0.1, 0.15) is 0 Å². The molecule has 0 radical (unpaired) electrons. The summed E-state index contributed by atoms with van der Waals surface area (Å²) in [7, 11) is 0. The number of nitrogens with zero attached hydrogens (tertiary/aromatic N) is 2. The summed E-state index contributed by atoms with van der Waals surface area (Å²) >= 11 is 8.93. The largest absolute Gasteiger partial charge is 0.325 e. The van der Waals surface area contributed by atoms with E-state index < -0.39 is 0 Å². The Kier molecular flexibility index (Phi) is 6.16. The molecule has 6 nitrogen and oxygen atoms in total. The zero-order valence-electron chi connectivity index (χ0n) is 18.0. The highest BCUT2D eigenvalue weighted by Crippen LogP contribution is 2.41. The first-order valence-corrected chi connectivity index (χ1v) is 13.1. The first-order chi connectivity index (χ1) is 15.9. The highest BCUT2D eigenvalue weighted by atomic mass is 35.5. The lowest BCUT2D eigenvalue weighted by Crippen LogP contribution is -2.30. The summed E-state index contributed by atoms with van der Waals surface area (Å²) in [5.74, 6) is -0.411. The van der Waals surface area contributed by atoms with Crippen molar-refractivity contribution in [3.05, 3.63) is 47.0 Å². The summed E-state index contributed by atoms with van der Waals surface area (Å²) in [6.45, 7) is 1.86. The molecule has 1 aromatic heterocycles. The van der Waals surface area contributed by atoms with Gasteiger partial charge in [-0.1, -0.05) is 42.3 Å². The lowest BCUT2D eigenvalue weighted by molar-refractivity contribution is -0.122. The van der Waals surface area contributed by atoms with E-state index in [-0.39, 0.29) is 35.3 Å². The molecule has 2 atom stereocenters. The van der Waals surface area contributed by atoms with E-state index in [1.807, 2.05) is 25.1 Å². The zero-order valence-corrected chi connectivity index (χ0v) is 20.4. The van der Waals surface area contributed by atoms with Gasteiger partial charge in [0.2, 0.25) is 17.7 Å². The standard InChI is InChI=1S/C24H22ClN3O3S2/c1-13-17(25)7-4-8-18(13)26-21(29)12-32-24-27-19-10-9-14(11-20(19)33-24)28-22(30)15-5-2-3-6-16(15)23(28)31/h4,7-11,15-16H,2-3,5-6,12H2,1H3,(H,26,29)/t15-,16-/m1/s1. The maximum Gasteiger partial charge on any atom is 0.237 e. The summed E-state index contributed by atoms with van der Waals surface area (Å²) in [6.07, 6.45) is 3.61. The van der Waals surface area contributed by atoms with Crippen molar-refractivity contribution in [1.29, 1.82) is 0 Å². The molecule has 2 aliphatic rings. The number of amides is 3. The molecule has 170 valence electrons. The van der Waals surface area contributed by atoms with E-state index in [0.717, 1.165) is 45.8 Å². The number of benzene rings is 2. The van der Waals surface area contributed by atoms with Crippen LogP contribution in [0, 0.1) is 18.8 Å². The van der Waals surface area contributed by atoms with Gasteiger partial charge in [0, 0.05) is 10.7 Å². The van der Waals surface area contributed by atoms with Crippen molar-refractivity contribution >= 4 is 74.0 Å². The molecule has 1 aliphatic carbocycles. The minimum atomic E-state index is -0.170. The van der Waals surface area contributed by atoms with Crippen molar-refractivity contribution in [3.8, 4) is 0 Å². The van der Waals surface area contributed by atoms with E-state index in [4.69, 9.17) is 11.6 Å². The van der Waals surface area contributed by atoms with E-state index >= 15 is 0 Å². The number of hydrogen-bond donors (Lipinski definition) is 1. The summed E-state index contributed by atoms with van der Waals surface area (Å²) in [4.78, 5) is 44.2. The molecule has 2 heterocycles. The summed E-state index contributed by atoms with van der Waals surface area (Å²) in [6, 6.07) is 10.9. The third-order valence-electron chi connectivity index (χ3n) is 6.32. The Hall–Kier alpha value is -2.42. The second kappa shape index (κ2) is 9.08. The minimum absolute atomic E-state index is 0.0730. The molecule has 3 aromatic rings. The van der Waals surface area contributed by atoms with Crippen LogP contribution >= 0.6 is 34.7 Å². The number of thioether (sulfide) groups is 1. The van der Waals surface area contributed by atoms with E-state index in [9.17, 15) is 14.4 Å². The maximum atomic E-state index is 12.9. The van der Waals surface area contributed by atoms with Gasteiger partial charge in [-0.15, -0.1) is 11.3 Å². The Balaban J connectivity index is 1.29. The van der Waals surface area contributed by atoms with Crippen molar-refractivity contribution in [2.45, 2.75) is 36.9 Å². The fourth-order valence-corrected chi connectivity index (χ4v) is 6.64. The summed E-state index contributed by atoms with van der Waals surface area (Å²) in [5.41, 5.74) is 2.92. The molecule has 1 N–H and O–H groups in total. The number of hydrogen-bond acceptors (Lipinski definition) is 6. The predicted octanol–water partition coefficient (Wildman–Crippen LogP) is 5.67. The summed E-state index contributed by atoms with van der Waals surface area (Å²) < 4.78 is 1.64. The Morgan fingerprint density at radius 2 is 1.91 bits per heavy atom. The van der Waals surface area contributed by atoms with E-state index in [2.05, 4.69) is 10.3 Å². The Labute approximate surface area is 204 Å². The normalized spacial score (nSPS) is 20.4. The molecule has 0 unspecified atom stereocenters. The van der Waals surface area contributed by atoms with Crippen molar-refractivity contribution in [2.75, 3.05) is 16.0 Å². The quantitative estimate of drug-likeness (QED) is 0.361. The highest BCUT2D eigenvalue weighted by Gasteiger charge is 2.48. The van der Waals surface area contributed by atoms with Crippen molar-refractivity contribution < 1.29 is 14.4 Å². The molecule has 33 heavy (non-hydrogen) atoms. The number of aromatic nitrogens is 1. The number of imide groups is 1. The van der Waals surface area contributed by atoms with Gasteiger partial charge in [0.15, 0.2) is 4.34 Å². The van der Waals surface area contributed by atoms with Gasteiger partial charge in [0.05, 0.1) is 33.5 Å². The average Bonchev–Trinajstić information content (AvgIpc) is 3.33. The molecule has 2 fully saturated rings. The number of anilines is 2. The Bertz CT molecular complexity index is 1250. The number of carbonyl (C=O) groups is 3. The third kappa shape index (κ3) is 4.27. The molecule has 1 saturated carbocycles. The number of halogens is 1. The van der Waals surface area contributed by atoms with E-state index in [0.29, 0.717) is 16.4 Å². The van der Waals surface area contributed by atoms with Gasteiger partial charge in [0.25, 0.3) is 0 Å². The van der Waals surface area contributed by atoms with E-state index in [1.54, 1.807) is 18.2 Å². The van der Waals surface area contributed by atoms with Gasteiger partial charge in [-0.3, -0.25) is 19.3 Å². The highest BCUT2D eigenvalue weighted by molar-refractivity contribution is 8.01. The minimum Gasteiger partial charge on any atom is -0.325 e. The van der Waals surface area contributed by atoms with Crippen LogP contribution in [-0.2, 0) is 14.4 Å². The molecular formula is C24H22ClN3O3S2. The number of nitrogens with one attached hydrogen (secondary N) is 1. The fourth-order valence-electron chi connectivity index (χ4n) is 4.57. The molecular weight excluding hydrogens is 478 g/mol. The van der Waals surface area contributed by atoms with Crippen molar-refractivity contribution in [3.63, 3.8) is 0 Å². The van der Waals surface area contributed by atoms with Crippen LogP contribution in [0.2, 0.25) is 5.02 Å². The zero-order chi connectivity index (χ0) is 23.1. The molecule has 5 rings (SSSR count). The molecule has 2 aromatic carbocycles. The number of rotatable bonds is 5. The molecule has 1 saturated heterocycles. The van der Waals surface area contributed by atoms with Crippen LogP contribution in [0.25, 0.3) is 10.2 Å². The van der Waals surface area contributed by atoms with Gasteiger partial charge in [-0.25, -0.2) is 4.98 Å². The first kappa shape index (κ1) is 22.4. The molecule has 1 aliphatic heterocycles. The lowest BCUT2D eigenvalue weighted by Gasteiger charge is -2.19. The Morgan fingerprint density at radius 1 is 1.18 bits per heavy atom. The SMILES string of the molecule is Cc1c(Cl)cccc1NC(=O)CSc1nc2ccc(N3C(=O)[C@@H]4CCCC[C@H]4C3=O)cc2s1. The van der Waals surface area contributed by atoms with Gasteiger partial charge < -0.3 is 5.32 Å². The molecule has 3 amide bonds. The first-order valence-electron chi connectivity index (χ1n) is 10.9. The smallest absolute Gasteiger partial charge is 0.237 e. The predicted molar refractivity (Wildman–Crippen MR) is 133 cm³/mol. The van der Waals surface area contributed by atoms with Crippen LogP contribution < -0.4 is 10.2 Å². The Morgan fingerprint density at radius 3 is 2.64 bits per heavy atom.